The zero-order chi connectivity index (χ0) is 18.6. The Kier molecular flexibility index (Phi) is 6.28. The molecule has 0 saturated heterocycles. The van der Waals surface area contributed by atoms with Crippen molar-refractivity contribution >= 4 is 46.5 Å². The van der Waals surface area contributed by atoms with Gasteiger partial charge in [-0.15, -0.1) is 0 Å². The summed E-state index contributed by atoms with van der Waals surface area (Å²) in [7, 11) is 0. The van der Waals surface area contributed by atoms with Gasteiger partial charge < -0.3 is 16.0 Å². The van der Waals surface area contributed by atoms with Crippen LogP contribution in [0.25, 0.3) is 0 Å². The van der Waals surface area contributed by atoms with Crippen molar-refractivity contribution in [2.24, 2.45) is 0 Å². The summed E-state index contributed by atoms with van der Waals surface area (Å²) in [5, 5.41) is 9.31. The zero-order valence-electron chi connectivity index (χ0n) is 14.1. The van der Waals surface area contributed by atoms with E-state index in [2.05, 4.69) is 16.0 Å². The van der Waals surface area contributed by atoms with Crippen molar-refractivity contribution in [3.63, 3.8) is 0 Å². The normalized spacial score (nSPS) is 11.6. The van der Waals surface area contributed by atoms with Crippen LogP contribution in [0.1, 0.15) is 31.0 Å². The molecule has 1 unspecified atom stereocenters. The minimum atomic E-state index is -0.379. The summed E-state index contributed by atoms with van der Waals surface area (Å²) >= 11 is 12.0. The number of amides is 3. The van der Waals surface area contributed by atoms with Crippen LogP contribution < -0.4 is 16.0 Å². The predicted octanol–water partition coefficient (Wildman–Crippen LogP) is 5.14. The smallest absolute Gasteiger partial charge is 0.319 e. The lowest BCUT2D eigenvalue weighted by Crippen LogP contribution is -2.31. The summed E-state index contributed by atoms with van der Waals surface area (Å²) in [6, 6.07) is 9.74. The number of nitrogens with one attached hydrogen (secondary N) is 3. The maximum Gasteiger partial charge on any atom is 0.319 e. The first-order valence-electron chi connectivity index (χ1n) is 7.67. The summed E-state index contributed by atoms with van der Waals surface area (Å²) in [5.41, 5.74) is 2.90. The minimum Gasteiger partial charge on any atom is -0.331 e. The Labute approximate surface area is 156 Å². The first-order valence-corrected chi connectivity index (χ1v) is 8.42. The third-order valence-corrected chi connectivity index (χ3v) is 4.15. The van der Waals surface area contributed by atoms with E-state index in [0.29, 0.717) is 21.4 Å². The monoisotopic (exact) mass is 379 g/mol. The average Bonchev–Trinajstić information content (AvgIpc) is 2.49. The van der Waals surface area contributed by atoms with Crippen molar-refractivity contribution in [3.8, 4) is 0 Å². The quantitative estimate of drug-likeness (QED) is 0.687. The zero-order valence-corrected chi connectivity index (χ0v) is 15.6. The van der Waals surface area contributed by atoms with Crippen molar-refractivity contribution in [1.82, 2.24) is 5.32 Å². The number of carbonyl (C=O) groups is 2. The highest BCUT2D eigenvalue weighted by atomic mass is 35.5. The molecule has 0 saturated carbocycles. The van der Waals surface area contributed by atoms with Gasteiger partial charge in [-0.05, 0) is 49.2 Å². The lowest BCUT2D eigenvalue weighted by molar-refractivity contribution is -0.114. The molecule has 0 fully saturated rings. The van der Waals surface area contributed by atoms with E-state index in [9.17, 15) is 9.59 Å². The summed E-state index contributed by atoms with van der Waals surface area (Å²) in [4.78, 5) is 23.4. The van der Waals surface area contributed by atoms with Crippen LogP contribution in [0.15, 0.2) is 36.4 Å². The summed E-state index contributed by atoms with van der Waals surface area (Å²) in [6.07, 6.45) is 0. The van der Waals surface area contributed by atoms with Gasteiger partial charge in [0.2, 0.25) is 5.91 Å². The first kappa shape index (κ1) is 19.1. The number of carbonyl (C=O) groups excluding carboxylic acids is 2. The molecule has 3 amide bonds. The number of anilines is 2. The highest BCUT2D eigenvalue weighted by Gasteiger charge is 2.13. The molecular formula is C18H19Cl2N3O2. The van der Waals surface area contributed by atoms with Gasteiger partial charge in [0, 0.05) is 28.3 Å². The van der Waals surface area contributed by atoms with Crippen LogP contribution in [0.5, 0.6) is 0 Å². The number of aryl methyl sites for hydroxylation is 1. The molecule has 0 aliphatic carbocycles. The van der Waals surface area contributed by atoms with Gasteiger partial charge in [0.25, 0.3) is 0 Å². The number of halogens is 2. The van der Waals surface area contributed by atoms with Gasteiger partial charge in [-0.25, -0.2) is 4.79 Å². The van der Waals surface area contributed by atoms with Gasteiger partial charge in [0.05, 0.1) is 6.04 Å². The van der Waals surface area contributed by atoms with Gasteiger partial charge in [-0.3, -0.25) is 4.79 Å². The first-order chi connectivity index (χ1) is 11.8. The second-order valence-corrected chi connectivity index (χ2v) is 6.54. The number of urea groups is 1. The Balaban J connectivity index is 2.05. The van der Waals surface area contributed by atoms with E-state index >= 15 is 0 Å². The predicted molar refractivity (Wildman–Crippen MR) is 103 cm³/mol. The van der Waals surface area contributed by atoms with Crippen LogP contribution in [0.2, 0.25) is 10.0 Å². The molecular weight excluding hydrogens is 361 g/mol. The maximum atomic E-state index is 12.2. The van der Waals surface area contributed by atoms with Crippen molar-refractivity contribution in [1.29, 1.82) is 0 Å². The van der Waals surface area contributed by atoms with Crippen LogP contribution in [0.4, 0.5) is 16.2 Å². The van der Waals surface area contributed by atoms with Crippen LogP contribution in [0, 0.1) is 6.92 Å². The third kappa shape index (κ3) is 5.37. The van der Waals surface area contributed by atoms with E-state index in [1.165, 1.54) is 6.92 Å². The minimum absolute atomic E-state index is 0.171. The third-order valence-electron chi connectivity index (χ3n) is 3.58. The van der Waals surface area contributed by atoms with Gasteiger partial charge >= 0.3 is 6.03 Å². The van der Waals surface area contributed by atoms with Crippen LogP contribution >= 0.6 is 23.2 Å². The Morgan fingerprint density at radius 3 is 2.40 bits per heavy atom. The molecule has 0 bridgehead atoms. The molecule has 0 radical (unpaired) electrons. The van der Waals surface area contributed by atoms with Crippen molar-refractivity contribution < 1.29 is 9.59 Å². The molecule has 2 aromatic carbocycles. The fourth-order valence-electron chi connectivity index (χ4n) is 2.32. The summed E-state index contributed by atoms with van der Waals surface area (Å²) in [6.45, 7) is 5.14. The Morgan fingerprint density at radius 2 is 1.76 bits per heavy atom. The molecule has 0 heterocycles. The molecule has 2 aromatic rings. The summed E-state index contributed by atoms with van der Waals surface area (Å²) < 4.78 is 0. The fraction of sp³-hybridized carbons (Fsp3) is 0.222. The second-order valence-electron chi connectivity index (χ2n) is 5.70. The topological polar surface area (TPSA) is 70.2 Å². The van der Waals surface area contributed by atoms with E-state index in [1.54, 1.807) is 30.3 Å². The van der Waals surface area contributed by atoms with Crippen LogP contribution in [-0.4, -0.2) is 11.9 Å². The second kappa shape index (κ2) is 8.23. The lowest BCUT2D eigenvalue weighted by Gasteiger charge is -2.17. The van der Waals surface area contributed by atoms with Gasteiger partial charge in [0.1, 0.15) is 0 Å². The van der Waals surface area contributed by atoms with E-state index < -0.39 is 0 Å². The Bertz CT molecular complexity index is 809. The van der Waals surface area contributed by atoms with Gasteiger partial charge in [0.15, 0.2) is 0 Å². The van der Waals surface area contributed by atoms with Crippen LogP contribution in [0.3, 0.4) is 0 Å². The largest absolute Gasteiger partial charge is 0.331 e. The highest BCUT2D eigenvalue weighted by Crippen LogP contribution is 2.26. The molecule has 7 heteroatoms. The molecule has 25 heavy (non-hydrogen) atoms. The Hall–Kier alpha value is -2.24. The van der Waals surface area contributed by atoms with Crippen molar-refractivity contribution in [3.05, 3.63) is 57.6 Å². The number of benzene rings is 2. The molecule has 1 atom stereocenters. The molecule has 0 spiro atoms. The SMILES string of the molecule is CC(=O)Nc1cc(NC(=O)NC(C)c2ccc(Cl)cc2Cl)ccc1C. The van der Waals surface area contributed by atoms with Crippen molar-refractivity contribution in [2.45, 2.75) is 26.8 Å². The fourth-order valence-corrected chi connectivity index (χ4v) is 2.89. The van der Waals surface area contributed by atoms with E-state index in [-0.39, 0.29) is 18.0 Å². The molecule has 0 aromatic heterocycles. The number of hydrogen-bond acceptors (Lipinski definition) is 2. The molecule has 132 valence electrons. The average molecular weight is 380 g/mol. The molecule has 0 aliphatic rings. The molecule has 5 nitrogen and oxygen atoms in total. The lowest BCUT2D eigenvalue weighted by atomic mass is 10.1. The molecule has 3 N–H and O–H groups in total. The maximum absolute atomic E-state index is 12.2. The van der Waals surface area contributed by atoms with Crippen LogP contribution in [-0.2, 0) is 4.79 Å². The molecule has 0 aliphatic heterocycles. The van der Waals surface area contributed by atoms with Gasteiger partial charge in [-0.2, -0.15) is 0 Å². The van der Waals surface area contributed by atoms with Crippen molar-refractivity contribution in [2.75, 3.05) is 10.6 Å². The van der Waals surface area contributed by atoms with E-state index in [1.807, 2.05) is 19.9 Å². The number of rotatable bonds is 4. The Morgan fingerprint density at radius 1 is 1.04 bits per heavy atom. The number of hydrogen-bond donors (Lipinski definition) is 3. The van der Waals surface area contributed by atoms with E-state index in [0.717, 1.165) is 11.1 Å². The van der Waals surface area contributed by atoms with Gasteiger partial charge in [-0.1, -0.05) is 35.3 Å². The van der Waals surface area contributed by atoms with E-state index in [4.69, 9.17) is 23.2 Å². The standard InChI is InChI=1S/C18H19Cl2N3O2/c1-10-4-6-14(9-17(10)22-12(3)24)23-18(25)21-11(2)15-7-5-13(19)8-16(15)20/h4-9,11H,1-3H3,(H,22,24)(H2,21,23,25). The highest BCUT2D eigenvalue weighted by molar-refractivity contribution is 6.35. The molecule has 2 rings (SSSR count). The summed E-state index contributed by atoms with van der Waals surface area (Å²) in [5.74, 6) is -0.171.